The molecule has 11 heteroatoms. The van der Waals surface area contributed by atoms with Crippen molar-refractivity contribution in [2.24, 2.45) is 0 Å². The lowest BCUT2D eigenvalue weighted by atomic mass is 9.95. The maximum absolute atomic E-state index is 14.6. The van der Waals surface area contributed by atoms with Crippen molar-refractivity contribution in [2.45, 2.75) is 5.25 Å². The highest BCUT2D eigenvalue weighted by Gasteiger charge is 2.57. The number of alkyl halides is 2. The minimum absolute atomic E-state index is 0.118. The fourth-order valence-electron chi connectivity index (χ4n) is 3.24. The van der Waals surface area contributed by atoms with Crippen LogP contribution in [0.15, 0.2) is 67.2 Å². The highest BCUT2D eigenvalue weighted by Crippen LogP contribution is 2.33. The molecule has 0 atom stereocenters. The van der Waals surface area contributed by atoms with Gasteiger partial charge in [-0.05, 0) is 35.2 Å². The van der Waals surface area contributed by atoms with Gasteiger partial charge in [-0.3, -0.25) is 14.4 Å². The van der Waals surface area contributed by atoms with E-state index in [1.54, 1.807) is 17.4 Å². The van der Waals surface area contributed by atoms with Crippen molar-refractivity contribution in [1.82, 2.24) is 5.06 Å². The van der Waals surface area contributed by atoms with Crippen LogP contribution in [0.3, 0.4) is 0 Å². The molecule has 0 fully saturated rings. The van der Waals surface area contributed by atoms with E-state index in [1.807, 2.05) is 0 Å². The number of carbonyl (C=O) groups is 3. The quantitative estimate of drug-likeness (QED) is 0.550. The van der Waals surface area contributed by atoms with E-state index >= 15 is 0 Å². The molecule has 1 aliphatic rings. The molecule has 0 aliphatic carbocycles. The summed E-state index contributed by atoms with van der Waals surface area (Å²) in [7, 11) is -6.11. The van der Waals surface area contributed by atoms with Gasteiger partial charge in [-0.25, -0.2) is 0 Å². The lowest BCUT2D eigenvalue weighted by molar-refractivity contribution is -0.131. The summed E-state index contributed by atoms with van der Waals surface area (Å²) in [5.41, 5.74) is 0.278. The van der Waals surface area contributed by atoms with Crippen LogP contribution >= 0.6 is 0 Å². The predicted octanol–water partition coefficient (Wildman–Crippen LogP) is 3.57. The fraction of sp³-hybridized carbons (Fsp3) is 0.0455. The molecule has 1 N–H and O–H groups in total. The first kappa shape index (κ1) is 22.2. The standard InChI is InChI=1S/C22H14F2N2O6S/c1-2-13-9-11-15(12-10-13)25-21(29)22(23,24)33(30,31)32-26-19(27)16-7-3-5-14-6-4-8-17(18(14)16)20(26)28/h2-12H,1H2,(H,25,29). The van der Waals surface area contributed by atoms with E-state index in [2.05, 4.69) is 10.9 Å². The number of anilines is 1. The van der Waals surface area contributed by atoms with E-state index in [9.17, 15) is 31.6 Å². The number of carbonyl (C=O) groups excluding carboxylic acids is 3. The highest BCUT2D eigenvalue weighted by atomic mass is 32.2. The Labute approximate surface area is 186 Å². The first-order chi connectivity index (χ1) is 15.6. The molecule has 3 aromatic carbocycles. The van der Waals surface area contributed by atoms with Crippen molar-refractivity contribution >= 4 is 50.4 Å². The summed E-state index contributed by atoms with van der Waals surface area (Å²) in [5, 5.41) is -2.91. The van der Waals surface area contributed by atoms with Gasteiger partial charge in [-0.15, -0.1) is 9.35 Å². The van der Waals surface area contributed by atoms with Gasteiger partial charge in [0.25, 0.3) is 11.8 Å². The first-order valence-corrected chi connectivity index (χ1v) is 10.7. The topological polar surface area (TPSA) is 110 Å². The van der Waals surface area contributed by atoms with Crippen molar-refractivity contribution in [3.05, 3.63) is 83.9 Å². The molecule has 4 rings (SSSR count). The number of rotatable bonds is 6. The Morgan fingerprint density at radius 2 is 1.52 bits per heavy atom. The lowest BCUT2D eigenvalue weighted by Crippen LogP contribution is -2.49. The number of hydroxylamine groups is 2. The van der Waals surface area contributed by atoms with Crippen LogP contribution in [0, 0.1) is 0 Å². The molecule has 0 spiro atoms. The molecule has 33 heavy (non-hydrogen) atoms. The zero-order valence-corrected chi connectivity index (χ0v) is 17.4. The molecule has 1 heterocycles. The highest BCUT2D eigenvalue weighted by molar-refractivity contribution is 7.88. The molecule has 3 amide bonds. The summed E-state index contributed by atoms with van der Waals surface area (Å²) in [6.07, 6.45) is 1.48. The van der Waals surface area contributed by atoms with Gasteiger partial charge in [0.1, 0.15) is 0 Å². The van der Waals surface area contributed by atoms with Crippen LogP contribution in [0.25, 0.3) is 16.8 Å². The van der Waals surface area contributed by atoms with Crippen molar-refractivity contribution in [2.75, 3.05) is 5.32 Å². The van der Waals surface area contributed by atoms with Crippen molar-refractivity contribution < 1.29 is 35.9 Å². The molecule has 3 aromatic rings. The van der Waals surface area contributed by atoms with E-state index in [-0.39, 0.29) is 27.3 Å². The minimum Gasteiger partial charge on any atom is -0.320 e. The SMILES string of the molecule is C=Cc1ccc(NC(=O)C(F)(F)S(=O)(=O)ON2C(=O)c3cccc4cccc(c34)C2=O)cc1. The molecule has 0 unspecified atom stereocenters. The van der Waals surface area contributed by atoms with Crippen LogP contribution in [0.4, 0.5) is 14.5 Å². The van der Waals surface area contributed by atoms with E-state index < -0.39 is 33.1 Å². The van der Waals surface area contributed by atoms with Crippen LogP contribution in [0.1, 0.15) is 26.3 Å². The minimum atomic E-state index is -6.11. The second kappa shape index (κ2) is 7.87. The molecule has 8 nitrogen and oxygen atoms in total. The third kappa shape index (κ3) is 3.66. The van der Waals surface area contributed by atoms with E-state index in [4.69, 9.17) is 0 Å². The van der Waals surface area contributed by atoms with Gasteiger partial charge in [0.15, 0.2) is 0 Å². The van der Waals surface area contributed by atoms with Crippen molar-refractivity contribution in [3.63, 3.8) is 0 Å². The zero-order valence-electron chi connectivity index (χ0n) is 16.6. The van der Waals surface area contributed by atoms with E-state index in [0.29, 0.717) is 10.9 Å². The second-order valence-electron chi connectivity index (χ2n) is 6.94. The normalized spacial score (nSPS) is 13.8. The number of hydrogen-bond donors (Lipinski definition) is 1. The van der Waals surface area contributed by atoms with Crippen molar-refractivity contribution in [1.29, 1.82) is 0 Å². The predicted molar refractivity (Wildman–Crippen MR) is 115 cm³/mol. The van der Waals surface area contributed by atoms with E-state index in [0.717, 1.165) is 0 Å². The van der Waals surface area contributed by atoms with Crippen LogP contribution in [0.2, 0.25) is 0 Å². The Balaban J connectivity index is 1.62. The summed E-state index contributed by atoms with van der Waals surface area (Å²) in [5.74, 6) is -4.75. The number of nitrogens with zero attached hydrogens (tertiary/aromatic N) is 1. The Kier molecular flexibility index (Phi) is 5.30. The van der Waals surface area contributed by atoms with Crippen LogP contribution < -0.4 is 5.32 Å². The smallest absolute Gasteiger partial charge is 0.320 e. The summed E-state index contributed by atoms with van der Waals surface area (Å²) >= 11 is 0. The molecule has 0 bridgehead atoms. The van der Waals surface area contributed by atoms with Gasteiger partial charge < -0.3 is 5.32 Å². The fourth-order valence-corrected chi connectivity index (χ4v) is 3.94. The lowest BCUT2D eigenvalue weighted by Gasteiger charge is -2.26. The largest absolute Gasteiger partial charge is 0.449 e. The molecule has 0 aromatic heterocycles. The Bertz CT molecular complexity index is 1380. The summed E-state index contributed by atoms with van der Waals surface area (Å²) in [6, 6.07) is 14.2. The maximum Gasteiger partial charge on any atom is 0.449 e. The first-order valence-electron chi connectivity index (χ1n) is 9.33. The summed E-state index contributed by atoms with van der Waals surface area (Å²) < 4.78 is 58.0. The monoisotopic (exact) mass is 472 g/mol. The van der Waals surface area contributed by atoms with Gasteiger partial charge in [0.2, 0.25) is 0 Å². The number of imide groups is 1. The Morgan fingerprint density at radius 1 is 0.970 bits per heavy atom. The third-order valence-electron chi connectivity index (χ3n) is 4.89. The number of nitrogens with one attached hydrogen (secondary N) is 1. The van der Waals surface area contributed by atoms with Gasteiger partial charge in [0, 0.05) is 11.1 Å². The molecule has 1 aliphatic heterocycles. The average molecular weight is 472 g/mol. The van der Waals surface area contributed by atoms with Crippen LogP contribution in [-0.2, 0) is 19.2 Å². The maximum atomic E-state index is 14.6. The van der Waals surface area contributed by atoms with E-state index in [1.165, 1.54) is 54.6 Å². The number of hydrogen-bond acceptors (Lipinski definition) is 6. The molecule has 0 radical (unpaired) electrons. The van der Waals surface area contributed by atoms with Crippen LogP contribution in [0.5, 0.6) is 0 Å². The molecule has 0 saturated carbocycles. The Morgan fingerprint density at radius 3 is 2.03 bits per heavy atom. The number of amides is 3. The van der Waals surface area contributed by atoms with Crippen LogP contribution in [-0.4, -0.2) is 36.5 Å². The van der Waals surface area contributed by atoms with Gasteiger partial charge >= 0.3 is 21.3 Å². The zero-order chi connectivity index (χ0) is 24.0. The van der Waals surface area contributed by atoms with Crippen molar-refractivity contribution in [3.8, 4) is 0 Å². The average Bonchev–Trinajstić information content (AvgIpc) is 2.80. The number of halogens is 2. The third-order valence-corrected chi connectivity index (χ3v) is 6.05. The molecular weight excluding hydrogens is 458 g/mol. The van der Waals surface area contributed by atoms with Gasteiger partial charge in [-0.2, -0.15) is 17.2 Å². The molecule has 168 valence electrons. The summed E-state index contributed by atoms with van der Waals surface area (Å²) in [6.45, 7) is 3.52. The van der Waals surface area contributed by atoms with Gasteiger partial charge in [0.05, 0.1) is 11.1 Å². The molecule has 0 saturated heterocycles. The molecular formula is C22H14F2N2O6S. The second-order valence-corrected chi connectivity index (χ2v) is 8.51. The number of benzene rings is 3. The summed E-state index contributed by atoms with van der Waals surface area (Å²) in [4.78, 5) is 37.5. The Hall–Kier alpha value is -3.96. The van der Waals surface area contributed by atoms with Gasteiger partial charge in [-0.1, -0.05) is 49.1 Å².